The Labute approximate surface area is 101 Å². The molecule has 102 valence electrons. The molecule has 0 heterocycles. The maximum atomic E-state index is 10.4. The van der Waals surface area contributed by atoms with Gasteiger partial charge in [0.05, 0.1) is 5.69 Å². The highest BCUT2D eigenvalue weighted by atomic mass is 32.3. The average Bonchev–Trinajstić information content (AvgIpc) is 2.08. The Morgan fingerprint density at radius 1 is 1.00 bits per heavy atom. The zero-order valence-electron chi connectivity index (χ0n) is 8.34. The van der Waals surface area contributed by atoms with Crippen LogP contribution in [0.3, 0.4) is 0 Å². The SMILES string of the molecule is Nc1cc(OS(=O)(=O)O)cc(OS(=O)(=O)O)c1O. The van der Waals surface area contributed by atoms with Crippen molar-refractivity contribution < 1.29 is 39.4 Å². The molecule has 0 saturated heterocycles. The van der Waals surface area contributed by atoms with E-state index in [1.807, 2.05) is 0 Å². The number of nitrogens with two attached hydrogens (primary N) is 1. The standard InChI is InChI=1S/C6H7NO9S2/c7-4-1-3(15-17(9,10)11)2-5(6(4)8)16-18(12,13)14/h1-2,8H,7H2,(H,9,10,11)(H,12,13,14). The van der Waals surface area contributed by atoms with Crippen LogP contribution in [-0.4, -0.2) is 31.0 Å². The number of nitrogen functional groups attached to an aromatic ring is 1. The summed E-state index contributed by atoms with van der Waals surface area (Å²) in [5.74, 6) is -2.38. The summed E-state index contributed by atoms with van der Waals surface area (Å²) in [6.45, 7) is 0. The van der Waals surface area contributed by atoms with E-state index in [2.05, 4.69) is 8.37 Å². The molecule has 0 aliphatic rings. The van der Waals surface area contributed by atoms with E-state index in [0.717, 1.165) is 6.07 Å². The molecule has 0 radical (unpaired) electrons. The Hall–Kier alpha value is -1.76. The molecular weight excluding hydrogens is 294 g/mol. The van der Waals surface area contributed by atoms with Gasteiger partial charge in [0.2, 0.25) is 0 Å². The number of hydrogen-bond acceptors (Lipinski definition) is 8. The lowest BCUT2D eigenvalue weighted by Crippen LogP contribution is -2.09. The van der Waals surface area contributed by atoms with Crippen LogP contribution in [0, 0.1) is 0 Å². The fraction of sp³-hybridized carbons (Fsp3) is 0. The molecule has 1 aromatic carbocycles. The summed E-state index contributed by atoms with van der Waals surface area (Å²) in [6, 6.07) is 1.35. The molecule has 0 fully saturated rings. The summed E-state index contributed by atoms with van der Waals surface area (Å²) in [5.41, 5.74) is 4.69. The van der Waals surface area contributed by atoms with Crippen LogP contribution in [-0.2, 0) is 20.8 Å². The predicted molar refractivity (Wildman–Crippen MR) is 56.9 cm³/mol. The van der Waals surface area contributed by atoms with E-state index < -0.39 is 43.7 Å². The summed E-state index contributed by atoms with van der Waals surface area (Å²) in [5, 5.41) is 9.29. The van der Waals surface area contributed by atoms with Crippen molar-refractivity contribution in [1.82, 2.24) is 0 Å². The third kappa shape index (κ3) is 4.25. The minimum Gasteiger partial charge on any atom is -0.503 e. The van der Waals surface area contributed by atoms with E-state index in [0.29, 0.717) is 6.07 Å². The predicted octanol–water partition coefficient (Wildman–Crippen LogP) is -0.662. The maximum absolute atomic E-state index is 10.4. The number of phenolic OH excluding ortho intramolecular Hbond substituents is 1. The van der Waals surface area contributed by atoms with Gasteiger partial charge in [-0.15, -0.1) is 0 Å². The van der Waals surface area contributed by atoms with Crippen LogP contribution >= 0.6 is 0 Å². The number of phenols is 1. The highest BCUT2D eigenvalue weighted by molar-refractivity contribution is 7.81. The Morgan fingerprint density at radius 3 is 1.94 bits per heavy atom. The Bertz CT molecular complexity index is 663. The molecule has 0 amide bonds. The van der Waals surface area contributed by atoms with Gasteiger partial charge in [0.15, 0.2) is 17.2 Å². The molecule has 1 aromatic rings. The fourth-order valence-corrected chi connectivity index (χ4v) is 1.64. The van der Waals surface area contributed by atoms with Crippen LogP contribution in [0.5, 0.6) is 17.2 Å². The summed E-state index contributed by atoms with van der Waals surface area (Å²) in [6.07, 6.45) is 0. The Balaban J connectivity index is 3.27. The Kier molecular flexibility index (Phi) is 3.57. The van der Waals surface area contributed by atoms with Gasteiger partial charge in [-0.25, -0.2) is 0 Å². The van der Waals surface area contributed by atoms with Crippen molar-refractivity contribution in [2.45, 2.75) is 0 Å². The molecule has 5 N–H and O–H groups in total. The highest BCUT2D eigenvalue weighted by Crippen LogP contribution is 2.37. The van der Waals surface area contributed by atoms with Crippen LogP contribution in [0.1, 0.15) is 0 Å². The van der Waals surface area contributed by atoms with Crippen LogP contribution in [0.4, 0.5) is 5.69 Å². The van der Waals surface area contributed by atoms with Gasteiger partial charge in [-0.2, -0.15) is 16.8 Å². The minimum absolute atomic E-state index is 0.505. The first kappa shape index (κ1) is 14.3. The van der Waals surface area contributed by atoms with E-state index in [-0.39, 0.29) is 0 Å². The lowest BCUT2D eigenvalue weighted by molar-refractivity contribution is 0.368. The fourth-order valence-electron chi connectivity index (χ4n) is 0.950. The zero-order chi connectivity index (χ0) is 14.1. The van der Waals surface area contributed by atoms with Gasteiger partial charge in [0.25, 0.3) is 0 Å². The molecule has 0 aliphatic carbocycles. The second-order valence-electron chi connectivity index (χ2n) is 2.88. The molecule has 0 saturated carbocycles. The van der Waals surface area contributed by atoms with Crippen molar-refractivity contribution in [3.63, 3.8) is 0 Å². The number of anilines is 1. The van der Waals surface area contributed by atoms with Crippen LogP contribution in [0.2, 0.25) is 0 Å². The van der Waals surface area contributed by atoms with E-state index in [1.165, 1.54) is 0 Å². The molecule has 1 rings (SSSR count). The number of aromatic hydroxyl groups is 1. The van der Waals surface area contributed by atoms with Crippen LogP contribution in [0.25, 0.3) is 0 Å². The lowest BCUT2D eigenvalue weighted by Gasteiger charge is -2.09. The largest absolute Gasteiger partial charge is 0.503 e. The normalized spacial score (nSPS) is 12.1. The van der Waals surface area contributed by atoms with Crippen molar-refractivity contribution in [3.8, 4) is 17.2 Å². The molecule has 0 unspecified atom stereocenters. The first-order valence-electron chi connectivity index (χ1n) is 3.94. The van der Waals surface area contributed by atoms with Gasteiger partial charge in [-0.3, -0.25) is 9.11 Å². The molecule has 0 atom stereocenters. The number of rotatable bonds is 4. The number of hydrogen-bond donors (Lipinski definition) is 4. The van der Waals surface area contributed by atoms with Gasteiger partial charge in [-0.1, -0.05) is 0 Å². The maximum Gasteiger partial charge on any atom is 0.446 e. The molecule has 12 heteroatoms. The summed E-state index contributed by atoms with van der Waals surface area (Å²) >= 11 is 0. The van der Waals surface area contributed by atoms with Crippen molar-refractivity contribution in [3.05, 3.63) is 12.1 Å². The van der Waals surface area contributed by atoms with Crippen LogP contribution in [0.15, 0.2) is 12.1 Å². The van der Waals surface area contributed by atoms with Crippen molar-refractivity contribution in [1.29, 1.82) is 0 Å². The molecule has 0 spiro atoms. The van der Waals surface area contributed by atoms with E-state index >= 15 is 0 Å². The van der Waals surface area contributed by atoms with Gasteiger partial charge in [0, 0.05) is 12.1 Å². The quantitative estimate of drug-likeness (QED) is 0.317. The second-order valence-corrected chi connectivity index (χ2v) is 4.93. The van der Waals surface area contributed by atoms with Gasteiger partial charge in [-0.05, 0) is 0 Å². The summed E-state index contributed by atoms with van der Waals surface area (Å²) in [7, 11) is -9.83. The molecular formula is C6H7NO9S2. The molecule has 10 nitrogen and oxygen atoms in total. The third-order valence-electron chi connectivity index (χ3n) is 1.47. The monoisotopic (exact) mass is 301 g/mol. The summed E-state index contributed by atoms with van der Waals surface area (Å²) in [4.78, 5) is 0. The second kappa shape index (κ2) is 4.49. The highest BCUT2D eigenvalue weighted by Gasteiger charge is 2.18. The first-order valence-corrected chi connectivity index (χ1v) is 6.67. The van der Waals surface area contributed by atoms with E-state index in [4.69, 9.17) is 14.8 Å². The van der Waals surface area contributed by atoms with E-state index in [9.17, 15) is 21.9 Å². The van der Waals surface area contributed by atoms with Gasteiger partial charge in [0.1, 0.15) is 0 Å². The van der Waals surface area contributed by atoms with Crippen molar-refractivity contribution >= 4 is 26.5 Å². The smallest absolute Gasteiger partial charge is 0.446 e. The summed E-state index contributed by atoms with van der Waals surface area (Å²) < 4.78 is 66.4. The zero-order valence-corrected chi connectivity index (χ0v) is 9.97. The molecule has 0 aliphatic heterocycles. The molecule has 0 bridgehead atoms. The molecule has 0 aromatic heterocycles. The third-order valence-corrected chi connectivity index (χ3v) is 2.27. The van der Waals surface area contributed by atoms with Gasteiger partial charge >= 0.3 is 20.8 Å². The Morgan fingerprint density at radius 2 is 1.50 bits per heavy atom. The first-order chi connectivity index (χ1) is 7.98. The van der Waals surface area contributed by atoms with Crippen molar-refractivity contribution in [2.24, 2.45) is 0 Å². The minimum atomic E-state index is -4.96. The van der Waals surface area contributed by atoms with E-state index in [1.54, 1.807) is 0 Å². The molecule has 18 heavy (non-hydrogen) atoms. The van der Waals surface area contributed by atoms with Crippen LogP contribution < -0.4 is 14.1 Å². The number of benzene rings is 1. The van der Waals surface area contributed by atoms with Gasteiger partial charge < -0.3 is 19.2 Å². The average molecular weight is 301 g/mol. The lowest BCUT2D eigenvalue weighted by atomic mass is 10.2. The van der Waals surface area contributed by atoms with Crippen molar-refractivity contribution in [2.75, 3.05) is 5.73 Å². The topological polar surface area (TPSA) is 173 Å².